The second kappa shape index (κ2) is 6.15. The predicted molar refractivity (Wildman–Crippen MR) is 80.0 cm³/mol. The summed E-state index contributed by atoms with van der Waals surface area (Å²) in [7, 11) is -3.33. The lowest BCUT2D eigenvalue weighted by Crippen LogP contribution is -2.29. The molecule has 6 heteroatoms. The van der Waals surface area contributed by atoms with Crippen LogP contribution in [0.25, 0.3) is 0 Å². The number of nitrogens with one attached hydrogen (secondary N) is 1. The van der Waals surface area contributed by atoms with Gasteiger partial charge in [-0.2, -0.15) is 0 Å². The first-order chi connectivity index (χ1) is 9.77. The Balaban J connectivity index is 2.08. The normalized spacial score (nSPS) is 22.2. The van der Waals surface area contributed by atoms with Crippen LogP contribution in [-0.4, -0.2) is 38.3 Å². The fraction of sp³-hybridized carbons (Fsp3) is 0.533. The third-order valence-corrected chi connectivity index (χ3v) is 5.06. The van der Waals surface area contributed by atoms with Crippen molar-refractivity contribution in [1.29, 1.82) is 0 Å². The number of sulfone groups is 1. The van der Waals surface area contributed by atoms with E-state index < -0.39 is 9.84 Å². The Bertz CT molecular complexity index is 639. The maximum Gasteiger partial charge on any atom is 0.251 e. The molecule has 21 heavy (non-hydrogen) atoms. The Morgan fingerprint density at radius 2 is 2.10 bits per heavy atom. The van der Waals surface area contributed by atoms with E-state index in [4.69, 9.17) is 0 Å². The summed E-state index contributed by atoms with van der Waals surface area (Å²) in [4.78, 5) is 12.4. The van der Waals surface area contributed by atoms with Crippen molar-refractivity contribution in [2.45, 2.75) is 37.2 Å². The number of carbonyl (C=O) groups is 1. The number of benzene rings is 1. The first kappa shape index (κ1) is 16.0. The van der Waals surface area contributed by atoms with Crippen LogP contribution < -0.4 is 5.32 Å². The van der Waals surface area contributed by atoms with Crippen LogP contribution in [0, 0.1) is 12.8 Å². The lowest BCUT2D eigenvalue weighted by molar-refractivity contribution is 0.0944. The van der Waals surface area contributed by atoms with Crippen LogP contribution >= 0.6 is 0 Å². The summed E-state index contributed by atoms with van der Waals surface area (Å²) >= 11 is 0. The number of aliphatic hydroxyl groups is 1. The van der Waals surface area contributed by atoms with E-state index in [1.807, 2.05) is 0 Å². The maximum absolute atomic E-state index is 12.2. The molecule has 1 aliphatic rings. The topological polar surface area (TPSA) is 83.5 Å². The highest BCUT2D eigenvalue weighted by Gasteiger charge is 2.23. The number of aliphatic hydroxyl groups excluding tert-OH is 1. The summed E-state index contributed by atoms with van der Waals surface area (Å²) in [5.74, 6) is 0.0294. The highest BCUT2D eigenvalue weighted by molar-refractivity contribution is 7.90. The third kappa shape index (κ3) is 4.04. The van der Waals surface area contributed by atoms with Crippen molar-refractivity contribution < 1.29 is 18.3 Å². The molecular formula is C15H21NO4S. The van der Waals surface area contributed by atoms with Gasteiger partial charge in [0.2, 0.25) is 0 Å². The summed E-state index contributed by atoms with van der Waals surface area (Å²) in [6, 6.07) is 4.57. The molecule has 0 saturated heterocycles. The maximum atomic E-state index is 12.2. The Labute approximate surface area is 125 Å². The summed E-state index contributed by atoms with van der Waals surface area (Å²) in [6.07, 6.45) is 3.26. The van der Waals surface area contributed by atoms with Crippen molar-refractivity contribution in [3.63, 3.8) is 0 Å². The molecule has 0 heterocycles. The Morgan fingerprint density at radius 1 is 1.38 bits per heavy atom. The first-order valence-corrected chi connectivity index (χ1v) is 8.93. The number of carbonyl (C=O) groups excluding carboxylic acids is 1. The minimum atomic E-state index is -3.33. The average Bonchev–Trinajstić information content (AvgIpc) is 2.81. The molecule has 1 saturated carbocycles. The third-order valence-electron chi connectivity index (χ3n) is 3.95. The Hall–Kier alpha value is -1.40. The SMILES string of the molecule is Cc1ccc(S(C)(=O)=O)cc1C(=O)NCC1CCC(O)C1. The van der Waals surface area contributed by atoms with Crippen LogP contribution in [-0.2, 0) is 9.84 Å². The van der Waals surface area contributed by atoms with Crippen molar-refractivity contribution in [3.05, 3.63) is 29.3 Å². The van der Waals surface area contributed by atoms with E-state index in [-0.39, 0.29) is 16.9 Å². The monoisotopic (exact) mass is 311 g/mol. The van der Waals surface area contributed by atoms with Gasteiger partial charge in [-0.3, -0.25) is 4.79 Å². The van der Waals surface area contributed by atoms with E-state index in [2.05, 4.69) is 5.32 Å². The van der Waals surface area contributed by atoms with Crippen LogP contribution in [0.15, 0.2) is 23.1 Å². The van der Waals surface area contributed by atoms with Crippen LogP contribution in [0.3, 0.4) is 0 Å². The molecule has 1 fully saturated rings. The number of hydrogen-bond donors (Lipinski definition) is 2. The minimum Gasteiger partial charge on any atom is -0.393 e. The van der Waals surface area contributed by atoms with Gasteiger partial charge in [-0.1, -0.05) is 6.07 Å². The Kier molecular flexibility index (Phi) is 4.68. The van der Waals surface area contributed by atoms with Gasteiger partial charge in [-0.15, -0.1) is 0 Å². The van der Waals surface area contributed by atoms with Crippen molar-refractivity contribution in [1.82, 2.24) is 5.32 Å². The van der Waals surface area contributed by atoms with E-state index in [0.717, 1.165) is 24.7 Å². The van der Waals surface area contributed by atoms with Crippen LogP contribution in [0.1, 0.15) is 35.2 Å². The predicted octanol–water partition coefficient (Wildman–Crippen LogP) is 1.29. The van der Waals surface area contributed by atoms with Crippen LogP contribution in [0.2, 0.25) is 0 Å². The second-order valence-corrected chi connectivity index (χ2v) is 7.81. The number of aryl methyl sites for hydroxylation is 1. The molecule has 1 amide bonds. The molecule has 0 spiro atoms. The van der Waals surface area contributed by atoms with E-state index in [1.54, 1.807) is 13.0 Å². The molecule has 0 bridgehead atoms. The smallest absolute Gasteiger partial charge is 0.251 e. The summed E-state index contributed by atoms with van der Waals surface area (Å²) in [5, 5.41) is 12.3. The molecule has 0 radical (unpaired) electrons. The van der Waals surface area contributed by atoms with Crippen molar-refractivity contribution in [3.8, 4) is 0 Å². The molecule has 2 atom stereocenters. The molecule has 116 valence electrons. The van der Waals surface area contributed by atoms with Crippen LogP contribution in [0.4, 0.5) is 0 Å². The van der Waals surface area contributed by atoms with E-state index >= 15 is 0 Å². The average molecular weight is 311 g/mol. The second-order valence-electron chi connectivity index (χ2n) is 5.79. The summed E-state index contributed by atoms with van der Waals surface area (Å²) in [5.41, 5.74) is 1.13. The van der Waals surface area contributed by atoms with Gasteiger partial charge in [-0.25, -0.2) is 8.42 Å². The fourth-order valence-electron chi connectivity index (χ4n) is 2.64. The highest BCUT2D eigenvalue weighted by atomic mass is 32.2. The summed E-state index contributed by atoms with van der Waals surface area (Å²) < 4.78 is 23.1. The van der Waals surface area contributed by atoms with E-state index in [0.29, 0.717) is 24.4 Å². The standard InChI is InChI=1S/C15H21NO4S/c1-10-3-6-13(21(2,19)20)8-14(10)15(18)16-9-11-4-5-12(17)7-11/h3,6,8,11-12,17H,4-5,7,9H2,1-2H3,(H,16,18). The Morgan fingerprint density at radius 3 is 2.67 bits per heavy atom. The van der Waals surface area contributed by atoms with Gasteiger partial charge in [0.05, 0.1) is 11.0 Å². The van der Waals surface area contributed by atoms with Crippen molar-refractivity contribution >= 4 is 15.7 Å². The highest BCUT2D eigenvalue weighted by Crippen LogP contribution is 2.24. The summed E-state index contributed by atoms with van der Waals surface area (Å²) in [6.45, 7) is 2.29. The fourth-order valence-corrected chi connectivity index (χ4v) is 3.29. The quantitative estimate of drug-likeness (QED) is 0.877. The lowest BCUT2D eigenvalue weighted by Gasteiger charge is -2.13. The lowest BCUT2D eigenvalue weighted by atomic mass is 10.1. The molecule has 2 N–H and O–H groups in total. The van der Waals surface area contributed by atoms with Crippen molar-refractivity contribution in [2.24, 2.45) is 5.92 Å². The number of hydrogen-bond acceptors (Lipinski definition) is 4. The first-order valence-electron chi connectivity index (χ1n) is 7.04. The minimum absolute atomic E-state index is 0.148. The van der Waals surface area contributed by atoms with Gasteiger partial charge < -0.3 is 10.4 Å². The molecule has 2 rings (SSSR count). The van der Waals surface area contributed by atoms with E-state index in [1.165, 1.54) is 12.1 Å². The number of rotatable bonds is 4. The van der Waals surface area contributed by atoms with Gasteiger partial charge in [0.1, 0.15) is 0 Å². The zero-order chi connectivity index (χ0) is 15.6. The largest absolute Gasteiger partial charge is 0.393 e. The zero-order valence-electron chi connectivity index (χ0n) is 12.3. The van der Waals surface area contributed by atoms with Gasteiger partial charge in [0.15, 0.2) is 9.84 Å². The zero-order valence-corrected chi connectivity index (χ0v) is 13.1. The molecule has 0 aliphatic heterocycles. The van der Waals surface area contributed by atoms with Gasteiger partial charge >= 0.3 is 0 Å². The van der Waals surface area contributed by atoms with Crippen LogP contribution in [0.5, 0.6) is 0 Å². The van der Waals surface area contributed by atoms with Gasteiger partial charge in [0.25, 0.3) is 5.91 Å². The molecule has 2 unspecified atom stereocenters. The molecule has 1 aliphatic carbocycles. The molecule has 0 aromatic heterocycles. The van der Waals surface area contributed by atoms with Gasteiger partial charge in [0, 0.05) is 18.4 Å². The molecule has 1 aromatic carbocycles. The van der Waals surface area contributed by atoms with Gasteiger partial charge in [-0.05, 0) is 49.8 Å². The molecule has 1 aromatic rings. The molecule has 5 nitrogen and oxygen atoms in total. The molecular weight excluding hydrogens is 290 g/mol. The van der Waals surface area contributed by atoms with E-state index in [9.17, 15) is 18.3 Å². The number of amides is 1. The van der Waals surface area contributed by atoms with Crippen molar-refractivity contribution in [2.75, 3.05) is 12.8 Å².